The van der Waals surface area contributed by atoms with Crippen molar-refractivity contribution in [3.8, 4) is 66.8 Å². The number of para-hydroxylation sites is 3. The van der Waals surface area contributed by atoms with Crippen LogP contribution in [0.4, 0.5) is 34.1 Å². The zero-order chi connectivity index (χ0) is 90.6. The van der Waals surface area contributed by atoms with Crippen molar-refractivity contribution < 1.29 is 0 Å². The Kier molecular flexibility index (Phi) is 19.4. The third-order valence-corrected chi connectivity index (χ3v) is 31.8. The maximum Gasteiger partial charge on any atom is 0.0487 e. The summed E-state index contributed by atoms with van der Waals surface area (Å²) in [4.78, 5) is 7.73. The Morgan fingerprint density at radius 3 is 0.752 bits per heavy atom. The van der Waals surface area contributed by atoms with E-state index in [0.717, 1.165) is 0 Å². The van der Waals surface area contributed by atoms with Gasteiger partial charge in [-0.15, -0.1) is 0 Å². The number of fused-ring (bicyclic) bond motifs is 13. The normalized spacial score (nSPS) is 15.2. The van der Waals surface area contributed by atoms with Crippen molar-refractivity contribution in [2.45, 2.75) is 116 Å². The molecule has 642 valence electrons. The predicted octanol–water partition coefficient (Wildman–Crippen LogP) is 36.2. The fourth-order valence-electron chi connectivity index (χ4n) is 23.2. The summed E-state index contributed by atoms with van der Waals surface area (Å²) in [5.41, 5.74) is 26.6. The van der Waals surface area contributed by atoms with Gasteiger partial charge < -0.3 is 14.7 Å². The number of nitrogens with zero attached hydrogens (tertiary/aromatic N) is 3. The molecule has 0 bridgehead atoms. The Bertz CT molecular complexity index is 8460. The second kappa shape index (κ2) is 31.3. The average Bonchev–Trinajstić information content (AvgIpc) is 1.63. The zero-order valence-electron chi connectivity index (χ0n) is 77.8. The molecule has 0 aliphatic carbocycles. The van der Waals surface area contributed by atoms with Crippen LogP contribution in [0.25, 0.3) is 174 Å². The number of hydrogen-bond donors (Lipinski definition) is 0. The lowest BCUT2D eigenvalue weighted by molar-refractivity contribution is 0.330. The van der Waals surface area contributed by atoms with Gasteiger partial charge in [-0.1, -0.05) is 406 Å². The molecule has 0 aromatic heterocycles. The topological polar surface area (TPSA) is 9.72 Å². The third-order valence-electron chi connectivity index (χ3n) is 31.8. The van der Waals surface area contributed by atoms with E-state index in [1.54, 1.807) is 0 Å². The lowest BCUT2D eigenvalue weighted by Gasteiger charge is -2.42. The molecule has 3 aliphatic rings. The Morgan fingerprint density at radius 2 is 0.391 bits per heavy atom. The number of anilines is 6. The van der Waals surface area contributed by atoms with Gasteiger partial charge in [-0.25, -0.2) is 0 Å². The van der Waals surface area contributed by atoms with Gasteiger partial charge in [-0.2, -0.15) is 0 Å². The first-order valence-corrected chi connectivity index (χ1v) is 47.3. The van der Waals surface area contributed by atoms with Crippen LogP contribution >= 0.6 is 0 Å². The fraction of sp³-hybridized carbons (Fsp3) is 0.138. The van der Waals surface area contributed by atoms with Crippen molar-refractivity contribution in [1.82, 2.24) is 0 Å². The summed E-state index contributed by atoms with van der Waals surface area (Å²) in [5.74, 6) is 0. The van der Waals surface area contributed by atoms with Gasteiger partial charge in [0.05, 0.1) is 0 Å². The molecule has 0 saturated carbocycles. The molecule has 3 heterocycles. The Morgan fingerprint density at radius 1 is 0.150 bits per heavy atom. The molecule has 0 atom stereocenters. The van der Waals surface area contributed by atoms with Crippen molar-refractivity contribution in [2.75, 3.05) is 14.7 Å². The fourth-order valence-corrected chi connectivity index (χ4v) is 23.2. The summed E-state index contributed by atoms with van der Waals surface area (Å²) >= 11 is 0. The first-order valence-electron chi connectivity index (χ1n) is 47.3. The van der Waals surface area contributed by atoms with Gasteiger partial charge in [0.1, 0.15) is 0 Å². The first kappa shape index (κ1) is 82.3. The highest BCUT2D eigenvalue weighted by Crippen LogP contribution is 2.61. The molecule has 3 aliphatic heterocycles. The maximum absolute atomic E-state index is 2.58. The molecule has 0 amide bonds. The van der Waals surface area contributed by atoms with E-state index in [2.05, 4.69) is 528 Å². The second-order valence-electron chi connectivity index (χ2n) is 40.1. The van der Waals surface area contributed by atoms with Gasteiger partial charge >= 0.3 is 0 Å². The molecule has 133 heavy (non-hydrogen) atoms. The highest BCUT2D eigenvalue weighted by Gasteiger charge is 2.54. The van der Waals surface area contributed by atoms with Gasteiger partial charge in [-0.3, -0.25) is 0 Å². The van der Waals surface area contributed by atoms with E-state index >= 15 is 0 Å². The minimum atomic E-state index is -0.140. The molecule has 0 radical (unpaired) electrons. The lowest BCUT2D eigenvalue weighted by atomic mass is 9.72. The third kappa shape index (κ3) is 12.8. The Balaban J connectivity index is 0.000000114. The number of rotatable bonds is 9. The van der Waals surface area contributed by atoms with Crippen molar-refractivity contribution >= 4 is 142 Å². The van der Waals surface area contributed by atoms with Crippen LogP contribution in [-0.4, -0.2) is 16.6 Å². The van der Waals surface area contributed by atoms with Crippen LogP contribution in [0.2, 0.25) is 0 Å². The second-order valence-corrected chi connectivity index (χ2v) is 40.1. The van der Waals surface area contributed by atoms with Gasteiger partial charge in [0, 0.05) is 67.0 Å². The van der Waals surface area contributed by atoms with Gasteiger partial charge in [0.15, 0.2) is 0 Å². The van der Waals surface area contributed by atoms with E-state index in [4.69, 9.17) is 0 Å². The van der Waals surface area contributed by atoms with Crippen molar-refractivity contribution in [3.63, 3.8) is 0 Å². The lowest BCUT2D eigenvalue weighted by Crippen LogP contribution is -2.48. The van der Waals surface area contributed by atoms with Gasteiger partial charge in [-0.05, 0) is 299 Å². The molecule has 0 fully saturated rings. The van der Waals surface area contributed by atoms with Gasteiger partial charge in [0.2, 0.25) is 0 Å². The van der Waals surface area contributed by atoms with E-state index < -0.39 is 0 Å². The van der Waals surface area contributed by atoms with E-state index in [0.29, 0.717) is 0 Å². The summed E-state index contributed by atoms with van der Waals surface area (Å²) in [6.07, 6.45) is 0. The molecular formula is C130H107N3. The van der Waals surface area contributed by atoms with Crippen molar-refractivity contribution in [2.24, 2.45) is 0 Å². The van der Waals surface area contributed by atoms with Crippen molar-refractivity contribution in [3.05, 3.63) is 447 Å². The molecule has 0 saturated heterocycles. The van der Waals surface area contributed by atoms with Crippen LogP contribution in [0.15, 0.2) is 431 Å². The minimum absolute atomic E-state index is 0.000601. The molecule has 22 aromatic carbocycles. The summed E-state index contributed by atoms with van der Waals surface area (Å²) in [6, 6.07) is 159. The molecule has 0 N–H and O–H groups in total. The zero-order valence-corrected chi connectivity index (χ0v) is 77.8. The molecular weight excluding hydrogens is 1600 g/mol. The molecule has 3 nitrogen and oxygen atoms in total. The minimum Gasteiger partial charge on any atom is -0.335 e. The highest BCUT2D eigenvalue weighted by molar-refractivity contribution is 6.28. The summed E-state index contributed by atoms with van der Waals surface area (Å²) in [5, 5.41) is 25.5. The Hall–Kier alpha value is -15.2. The number of hydrogen-bond acceptors (Lipinski definition) is 3. The van der Waals surface area contributed by atoms with Crippen LogP contribution < -0.4 is 14.7 Å². The van der Waals surface area contributed by atoms with Crippen molar-refractivity contribution in [1.29, 1.82) is 0 Å². The Labute approximate surface area is 781 Å². The quantitative estimate of drug-likeness (QED) is 0.133. The van der Waals surface area contributed by atoms with Crippen LogP contribution in [-0.2, 0) is 16.2 Å². The van der Waals surface area contributed by atoms with Crippen LogP contribution in [0, 0.1) is 0 Å². The van der Waals surface area contributed by atoms with Crippen LogP contribution in [0.3, 0.4) is 0 Å². The smallest absolute Gasteiger partial charge is 0.0487 e. The van der Waals surface area contributed by atoms with E-state index in [-0.39, 0.29) is 32.9 Å². The standard InChI is InChI=1S/2C46H37N.C38H33N/c1-45(2)41-25-11-12-26-42(41)47(46(45,3)4)32-27-28-39-40(29-32)44(36-24-14-18-31-16-6-8-20-34(31)36)38-22-10-9-21-37(38)43(39)35-23-13-17-30-15-5-7-19-33(30)35;1-45(2)41-19-11-12-20-42(41)47(46(45,3)4)36-25-26-39-40(29-36)44(35-24-22-31-14-6-8-16-33(31)28-35)38-18-10-9-17-37(38)43(39)34-23-21-30-13-5-7-15-32(30)27-34;1-37(2)33-21-13-14-22-34(33)39(38(37,3)4)28-23-24-31-32(25-28)36(27-17-9-6-10-18-27)30-20-12-11-19-29(30)35(31)26-15-7-5-8-16-26/h2*5-29H,1-4H3;5-25H,1-4H3. The monoisotopic (exact) mass is 1710 g/mol. The van der Waals surface area contributed by atoms with Crippen LogP contribution in [0.5, 0.6) is 0 Å². The molecule has 3 heteroatoms. The molecule has 25 rings (SSSR count). The van der Waals surface area contributed by atoms with E-state index in [1.165, 1.54) is 225 Å². The SMILES string of the molecule is CC1(C)c2ccccc2N(c2ccc3c(-c4ccc5ccccc5c4)c4ccccc4c(-c4ccc5ccccc5c4)c3c2)C1(C)C.CC1(C)c2ccccc2N(c2ccc3c(-c4cccc5ccccc45)c4ccccc4c(-c4cccc5ccccc45)c3c2)C1(C)C.CC1(C)c2ccccc2N(c2ccc3c(-c4ccccc4)c4ccccc4c(-c4ccccc4)c3c2)C1(C)C. The highest BCUT2D eigenvalue weighted by atomic mass is 15.3. The largest absolute Gasteiger partial charge is 0.335 e. The average molecular weight is 1710 g/mol. The molecule has 0 unspecified atom stereocenters. The molecule has 22 aromatic rings. The van der Waals surface area contributed by atoms with Gasteiger partial charge in [0.25, 0.3) is 0 Å². The van der Waals surface area contributed by atoms with E-state index in [9.17, 15) is 0 Å². The van der Waals surface area contributed by atoms with Crippen LogP contribution in [0.1, 0.15) is 99.8 Å². The summed E-state index contributed by atoms with van der Waals surface area (Å²) in [7, 11) is 0. The maximum atomic E-state index is 2.58. The summed E-state index contributed by atoms with van der Waals surface area (Å²) < 4.78 is 0. The summed E-state index contributed by atoms with van der Waals surface area (Å²) in [6.45, 7) is 28.6. The predicted molar refractivity (Wildman–Crippen MR) is 574 cm³/mol. The van der Waals surface area contributed by atoms with E-state index in [1.807, 2.05) is 0 Å². The molecule has 0 spiro atoms. The number of benzene rings is 22. The first-order chi connectivity index (χ1) is 64.6.